The van der Waals surface area contributed by atoms with Crippen LogP contribution in [-0.2, 0) is 0 Å². The van der Waals surface area contributed by atoms with Crippen molar-refractivity contribution in [3.63, 3.8) is 0 Å². The van der Waals surface area contributed by atoms with Crippen LogP contribution in [0, 0.1) is 0 Å². The molecule has 24 heavy (non-hydrogen) atoms. The molecule has 0 saturated carbocycles. The lowest BCUT2D eigenvalue weighted by Crippen LogP contribution is -2.31. The first-order chi connectivity index (χ1) is 11.6. The summed E-state index contributed by atoms with van der Waals surface area (Å²) in [4.78, 5) is 15.7. The molecule has 124 valence electrons. The van der Waals surface area contributed by atoms with E-state index in [0.29, 0.717) is 12.1 Å². The summed E-state index contributed by atoms with van der Waals surface area (Å²) in [5.41, 5.74) is 1.68. The molecule has 3 aromatic rings. The van der Waals surface area contributed by atoms with Crippen LogP contribution >= 0.6 is 27.3 Å². The number of fused-ring (bicyclic) bond motifs is 1. The van der Waals surface area contributed by atoms with E-state index >= 15 is 0 Å². The number of amides is 1. The number of halogens is 1. The molecule has 1 aromatic heterocycles. The van der Waals surface area contributed by atoms with Gasteiger partial charge in [-0.2, -0.15) is 0 Å². The molecule has 0 atom stereocenters. The number of hydrogen-bond donors (Lipinski definition) is 1. The number of rotatable bonds is 5. The minimum Gasteiger partial charge on any atom is -0.351 e. The molecule has 1 amide bonds. The molecule has 0 bridgehead atoms. The lowest BCUT2D eigenvalue weighted by molar-refractivity contribution is 0.0951. The summed E-state index contributed by atoms with van der Waals surface area (Å²) in [7, 11) is 3.99. The molecule has 3 nitrogen and oxygen atoms in total. The third kappa shape index (κ3) is 3.53. The summed E-state index contributed by atoms with van der Waals surface area (Å²) in [5.74, 6) is -0.0307. The predicted octanol–water partition coefficient (Wildman–Crippen LogP) is 4.62. The summed E-state index contributed by atoms with van der Waals surface area (Å²) >= 11 is 5.42. The van der Waals surface area contributed by atoms with Crippen molar-refractivity contribution < 1.29 is 4.79 Å². The number of nitrogens with zero attached hydrogens (tertiary/aromatic N) is 1. The molecule has 0 radical (unpaired) electrons. The first kappa shape index (κ1) is 17.1. The molecule has 1 heterocycles. The van der Waals surface area contributed by atoms with E-state index < -0.39 is 0 Å². The van der Waals surface area contributed by atoms with E-state index in [4.69, 9.17) is 0 Å². The molecule has 0 aliphatic rings. The minimum atomic E-state index is -0.0307. The van der Waals surface area contributed by atoms with Crippen LogP contribution in [0.4, 0.5) is 0 Å². The molecule has 0 spiro atoms. The summed E-state index contributed by atoms with van der Waals surface area (Å²) < 4.78 is 2.26. The maximum atomic E-state index is 12.6. The van der Waals surface area contributed by atoms with Crippen molar-refractivity contribution in [2.24, 2.45) is 0 Å². The largest absolute Gasteiger partial charge is 0.351 e. The van der Waals surface area contributed by atoms with Gasteiger partial charge in [0.1, 0.15) is 0 Å². The van der Waals surface area contributed by atoms with E-state index in [2.05, 4.69) is 38.3 Å². The van der Waals surface area contributed by atoms with E-state index in [1.54, 1.807) is 11.3 Å². The fourth-order valence-corrected chi connectivity index (χ4v) is 4.62. The highest BCUT2D eigenvalue weighted by molar-refractivity contribution is 9.10. The highest BCUT2D eigenvalue weighted by atomic mass is 79.9. The van der Waals surface area contributed by atoms with Gasteiger partial charge in [-0.1, -0.05) is 36.4 Å². The van der Waals surface area contributed by atoms with Gasteiger partial charge in [-0.05, 0) is 42.2 Å². The highest BCUT2D eigenvalue weighted by Crippen LogP contribution is 2.43. The molecule has 0 fully saturated rings. The van der Waals surface area contributed by atoms with Gasteiger partial charge in [-0.25, -0.2) is 0 Å². The zero-order chi connectivity index (χ0) is 17.1. The Morgan fingerprint density at radius 1 is 1.12 bits per heavy atom. The number of hydrogen-bond acceptors (Lipinski definition) is 3. The Kier molecular flexibility index (Phi) is 5.33. The monoisotopic (exact) mass is 402 g/mol. The normalized spacial score (nSPS) is 11.2. The summed E-state index contributed by atoms with van der Waals surface area (Å²) in [5, 5.41) is 4.18. The standard InChI is InChI=1S/C19H19BrN2OS/c1-22(2)12-11-21-19(23)14-8-4-3-7-13(14)18-17(20)15-9-5-6-10-16(15)24-18/h3-10H,11-12H2,1-2H3,(H,21,23). The fourth-order valence-electron chi connectivity index (χ4n) is 2.55. The lowest BCUT2D eigenvalue weighted by Gasteiger charge is -2.12. The van der Waals surface area contributed by atoms with Crippen molar-refractivity contribution >= 4 is 43.3 Å². The molecule has 0 aliphatic carbocycles. The zero-order valence-electron chi connectivity index (χ0n) is 13.7. The molecular formula is C19H19BrN2OS. The Morgan fingerprint density at radius 2 is 1.83 bits per heavy atom. The van der Waals surface area contributed by atoms with E-state index in [1.165, 1.54) is 10.1 Å². The second-order valence-electron chi connectivity index (χ2n) is 5.85. The van der Waals surface area contributed by atoms with Crippen molar-refractivity contribution in [3.05, 3.63) is 58.6 Å². The summed E-state index contributed by atoms with van der Waals surface area (Å²) in [6.45, 7) is 1.45. The van der Waals surface area contributed by atoms with Crippen molar-refractivity contribution in [1.29, 1.82) is 0 Å². The average Bonchev–Trinajstić information content (AvgIpc) is 2.91. The third-order valence-electron chi connectivity index (χ3n) is 3.80. The Bertz CT molecular complexity index is 873. The van der Waals surface area contributed by atoms with E-state index in [-0.39, 0.29) is 5.91 Å². The van der Waals surface area contributed by atoms with E-state index in [0.717, 1.165) is 21.5 Å². The second-order valence-corrected chi connectivity index (χ2v) is 7.69. The minimum absolute atomic E-state index is 0.0307. The number of carbonyl (C=O) groups excluding carboxylic acids is 1. The number of carbonyl (C=O) groups is 1. The summed E-state index contributed by atoms with van der Waals surface area (Å²) in [6.07, 6.45) is 0. The Morgan fingerprint density at radius 3 is 2.58 bits per heavy atom. The Hall–Kier alpha value is -1.69. The first-order valence-corrected chi connectivity index (χ1v) is 9.38. The maximum absolute atomic E-state index is 12.6. The van der Waals surface area contributed by atoms with Crippen LogP contribution in [0.15, 0.2) is 53.0 Å². The molecule has 3 rings (SSSR count). The quantitative estimate of drug-likeness (QED) is 0.674. The van der Waals surface area contributed by atoms with Gasteiger partial charge in [-0.15, -0.1) is 11.3 Å². The summed E-state index contributed by atoms with van der Waals surface area (Å²) in [6, 6.07) is 16.0. The van der Waals surface area contributed by atoms with Crippen LogP contribution in [-0.4, -0.2) is 38.0 Å². The van der Waals surface area contributed by atoms with Crippen LogP contribution in [0.3, 0.4) is 0 Å². The number of benzene rings is 2. The van der Waals surface area contributed by atoms with Crippen molar-refractivity contribution in [2.45, 2.75) is 0 Å². The number of likely N-dealkylation sites (N-methyl/N-ethyl adjacent to an activating group) is 1. The molecule has 0 aliphatic heterocycles. The topological polar surface area (TPSA) is 32.3 Å². The van der Waals surface area contributed by atoms with Gasteiger partial charge in [0.15, 0.2) is 0 Å². The average molecular weight is 403 g/mol. The third-order valence-corrected chi connectivity index (χ3v) is 6.09. The smallest absolute Gasteiger partial charge is 0.251 e. The first-order valence-electron chi connectivity index (χ1n) is 7.77. The molecule has 0 saturated heterocycles. The van der Waals surface area contributed by atoms with Gasteiger partial charge >= 0.3 is 0 Å². The fraction of sp³-hybridized carbons (Fsp3) is 0.211. The van der Waals surface area contributed by atoms with Gasteiger partial charge in [0.2, 0.25) is 0 Å². The van der Waals surface area contributed by atoms with E-state index in [9.17, 15) is 4.79 Å². The molecule has 5 heteroatoms. The van der Waals surface area contributed by atoms with E-state index in [1.807, 2.05) is 50.5 Å². The number of nitrogens with one attached hydrogen (secondary N) is 1. The zero-order valence-corrected chi connectivity index (χ0v) is 16.1. The van der Waals surface area contributed by atoms with Gasteiger partial charge in [-0.3, -0.25) is 4.79 Å². The molecule has 1 N–H and O–H groups in total. The van der Waals surface area contributed by atoms with Gasteiger partial charge in [0.05, 0.1) is 4.88 Å². The van der Waals surface area contributed by atoms with Gasteiger partial charge in [0.25, 0.3) is 5.91 Å². The van der Waals surface area contributed by atoms with Crippen molar-refractivity contribution in [2.75, 3.05) is 27.2 Å². The van der Waals surface area contributed by atoms with Crippen molar-refractivity contribution in [3.8, 4) is 10.4 Å². The van der Waals surface area contributed by atoms with Gasteiger partial charge in [0, 0.05) is 38.8 Å². The SMILES string of the molecule is CN(C)CCNC(=O)c1ccccc1-c1sc2ccccc2c1Br. The molecular weight excluding hydrogens is 384 g/mol. The van der Waals surface area contributed by atoms with Gasteiger partial charge < -0.3 is 10.2 Å². The van der Waals surface area contributed by atoms with Crippen LogP contribution in [0.1, 0.15) is 10.4 Å². The highest BCUT2D eigenvalue weighted by Gasteiger charge is 2.17. The van der Waals surface area contributed by atoms with Crippen LogP contribution in [0.5, 0.6) is 0 Å². The maximum Gasteiger partial charge on any atom is 0.251 e. The lowest BCUT2D eigenvalue weighted by atomic mass is 10.0. The molecule has 2 aromatic carbocycles. The number of thiophene rings is 1. The van der Waals surface area contributed by atoms with Crippen molar-refractivity contribution in [1.82, 2.24) is 10.2 Å². The Labute approximate surface area is 154 Å². The molecule has 0 unspecified atom stereocenters. The van der Waals surface area contributed by atoms with Crippen LogP contribution < -0.4 is 5.32 Å². The predicted molar refractivity (Wildman–Crippen MR) is 106 cm³/mol. The van der Waals surface area contributed by atoms with Crippen LogP contribution in [0.2, 0.25) is 0 Å². The second kappa shape index (κ2) is 7.47. The Balaban J connectivity index is 1.96. The van der Waals surface area contributed by atoms with Crippen LogP contribution in [0.25, 0.3) is 20.5 Å².